The minimum absolute atomic E-state index is 0.197. The highest BCUT2D eigenvalue weighted by Gasteiger charge is 2.10. The molecular formula is C16H15BrFNO2. The number of benzene rings is 2. The third-order valence-electron chi connectivity index (χ3n) is 3.01. The number of carbonyl (C=O) groups is 1. The molecule has 0 fully saturated rings. The number of rotatable bonds is 5. The largest absolute Gasteiger partial charge is 0.497 e. The highest BCUT2D eigenvalue weighted by molar-refractivity contribution is 9.10. The Labute approximate surface area is 131 Å². The van der Waals surface area contributed by atoms with Crippen LogP contribution in [0, 0.1) is 5.82 Å². The number of halogens is 2. The van der Waals surface area contributed by atoms with E-state index in [1.807, 2.05) is 6.07 Å². The normalized spacial score (nSPS) is 10.2. The fourth-order valence-electron chi connectivity index (χ4n) is 1.91. The lowest BCUT2D eigenvalue weighted by Gasteiger charge is -2.09. The molecule has 3 nitrogen and oxygen atoms in total. The average molecular weight is 352 g/mol. The quantitative estimate of drug-likeness (QED) is 0.894. The van der Waals surface area contributed by atoms with Gasteiger partial charge in [0.1, 0.15) is 11.6 Å². The third-order valence-corrected chi connectivity index (χ3v) is 3.70. The Morgan fingerprint density at radius 1 is 1.29 bits per heavy atom. The van der Waals surface area contributed by atoms with Gasteiger partial charge in [0, 0.05) is 11.0 Å². The maximum atomic E-state index is 13.0. The molecule has 0 radical (unpaired) electrons. The Kier molecular flexibility index (Phi) is 5.33. The molecule has 0 heterocycles. The van der Waals surface area contributed by atoms with Crippen LogP contribution in [-0.2, 0) is 6.42 Å². The Morgan fingerprint density at radius 2 is 2.10 bits per heavy atom. The van der Waals surface area contributed by atoms with E-state index in [9.17, 15) is 9.18 Å². The zero-order valence-electron chi connectivity index (χ0n) is 11.5. The van der Waals surface area contributed by atoms with E-state index in [1.54, 1.807) is 31.4 Å². The summed E-state index contributed by atoms with van der Waals surface area (Å²) >= 11 is 3.34. The molecule has 0 aliphatic rings. The van der Waals surface area contributed by atoms with Crippen molar-refractivity contribution in [3.8, 4) is 5.75 Å². The summed E-state index contributed by atoms with van der Waals surface area (Å²) in [5, 5.41) is 2.81. The second-order valence-electron chi connectivity index (χ2n) is 4.48. The zero-order chi connectivity index (χ0) is 15.2. The van der Waals surface area contributed by atoms with Crippen LogP contribution in [0.1, 0.15) is 15.9 Å². The molecule has 0 aliphatic heterocycles. The van der Waals surface area contributed by atoms with E-state index in [1.165, 1.54) is 12.1 Å². The van der Waals surface area contributed by atoms with Gasteiger partial charge in [-0.05, 0) is 58.2 Å². The van der Waals surface area contributed by atoms with Gasteiger partial charge in [-0.1, -0.05) is 12.1 Å². The molecule has 0 aromatic heterocycles. The monoisotopic (exact) mass is 351 g/mol. The van der Waals surface area contributed by atoms with Crippen LogP contribution in [0.5, 0.6) is 5.75 Å². The van der Waals surface area contributed by atoms with Gasteiger partial charge >= 0.3 is 0 Å². The number of ether oxygens (including phenoxy) is 1. The molecule has 1 N–H and O–H groups in total. The molecule has 110 valence electrons. The zero-order valence-corrected chi connectivity index (χ0v) is 13.1. The Bertz CT molecular complexity index is 646. The van der Waals surface area contributed by atoms with E-state index in [4.69, 9.17) is 4.74 Å². The Balaban J connectivity index is 1.96. The molecule has 5 heteroatoms. The van der Waals surface area contributed by atoms with E-state index < -0.39 is 0 Å². The summed E-state index contributed by atoms with van der Waals surface area (Å²) in [5.74, 6) is 0.153. The molecule has 0 saturated carbocycles. The van der Waals surface area contributed by atoms with Gasteiger partial charge in [-0.25, -0.2) is 4.39 Å². The minimum Gasteiger partial charge on any atom is -0.497 e. The van der Waals surface area contributed by atoms with Crippen molar-refractivity contribution in [2.75, 3.05) is 13.7 Å². The third kappa shape index (κ3) is 4.29. The predicted octanol–water partition coefficient (Wildman–Crippen LogP) is 3.57. The summed E-state index contributed by atoms with van der Waals surface area (Å²) in [7, 11) is 1.55. The van der Waals surface area contributed by atoms with Gasteiger partial charge < -0.3 is 10.1 Å². The summed E-state index contributed by atoms with van der Waals surface area (Å²) in [6.07, 6.45) is 0.574. The first-order valence-electron chi connectivity index (χ1n) is 6.46. The molecule has 2 rings (SSSR count). The number of nitrogens with one attached hydrogen (secondary N) is 1. The summed E-state index contributed by atoms with van der Waals surface area (Å²) in [5.41, 5.74) is 1.36. The molecule has 2 aromatic carbocycles. The van der Waals surface area contributed by atoms with E-state index in [2.05, 4.69) is 21.2 Å². The van der Waals surface area contributed by atoms with Crippen LogP contribution < -0.4 is 10.1 Å². The van der Waals surface area contributed by atoms with Crippen molar-refractivity contribution >= 4 is 21.8 Å². The van der Waals surface area contributed by atoms with Crippen LogP contribution in [0.3, 0.4) is 0 Å². The first-order valence-corrected chi connectivity index (χ1v) is 7.25. The van der Waals surface area contributed by atoms with Crippen molar-refractivity contribution in [2.24, 2.45) is 0 Å². The number of hydrogen-bond acceptors (Lipinski definition) is 2. The predicted molar refractivity (Wildman–Crippen MR) is 83.1 cm³/mol. The smallest absolute Gasteiger partial charge is 0.252 e. The Morgan fingerprint density at radius 3 is 2.81 bits per heavy atom. The van der Waals surface area contributed by atoms with Crippen molar-refractivity contribution in [1.82, 2.24) is 5.32 Å². The highest BCUT2D eigenvalue weighted by Crippen LogP contribution is 2.22. The van der Waals surface area contributed by atoms with Gasteiger partial charge in [0.25, 0.3) is 5.91 Å². The lowest BCUT2D eigenvalue weighted by Crippen LogP contribution is -2.26. The number of hydrogen-bond donors (Lipinski definition) is 1. The van der Waals surface area contributed by atoms with Crippen LogP contribution >= 0.6 is 15.9 Å². The maximum Gasteiger partial charge on any atom is 0.252 e. The maximum absolute atomic E-state index is 13.0. The molecule has 0 atom stereocenters. The van der Waals surface area contributed by atoms with E-state index in [-0.39, 0.29) is 11.7 Å². The first kappa shape index (κ1) is 15.5. The fourth-order valence-corrected chi connectivity index (χ4v) is 2.34. The van der Waals surface area contributed by atoms with E-state index >= 15 is 0 Å². The van der Waals surface area contributed by atoms with Crippen LogP contribution in [0.15, 0.2) is 46.9 Å². The van der Waals surface area contributed by atoms with Crippen molar-refractivity contribution in [3.05, 3.63) is 63.9 Å². The lowest BCUT2D eigenvalue weighted by atomic mass is 10.1. The van der Waals surface area contributed by atoms with Crippen LogP contribution in [0.25, 0.3) is 0 Å². The summed E-state index contributed by atoms with van der Waals surface area (Å²) in [6, 6.07) is 11.6. The van der Waals surface area contributed by atoms with Gasteiger partial charge in [-0.2, -0.15) is 0 Å². The van der Waals surface area contributed by atoms with Crippen molar-refractivity contribution in [1.29, 1.82) is 0 Å². The highest BCUT2D eigenvalue weighted by atomic mass is 79.9. The summed E-state index contributed by atoms with van der Waals surface area (Å²) < 4.78 is 18.9. The van der Waals surface area contributed by atoms with Crippen molar-refractivity contribution in [3.63, 3.8) is 0 Å². The van der Waals surface area contributed by atoms with E-state index in [0.717, 1.165) is 5.56 Å². The second-order valence-corrected chi connectivity index (χ2v) is 5.34. The van der Waals surface area contributed by atoms with Gasteiger partial charge in [0.2, 0.25) is 0 Å². The number of methoxy groups -OCH3 is 1. The van der Waals surface area contributed by atoms with Gasteiger partial charge in [0.15, 0.2) is 0 Å². The van der Waals surface area contributed by atoms with Gasteiger partial charge in [-0.3, -0.25) is 4.79 Å². The van der Waals surface area contributed by atoms with Crippen LogP contribution in [-0.4, -0.2) is 19.6 Å². The van der Waals surface area contributed by atoms with Crippen molar-refractivity contribution in [2.45, 2.75) is 6.42 Å². The molecule has 0 unspecified atom stereocenters. The molecule has 1 amide bonds. The Hall–Kier alpha value is -1.88. The number of carbonyl (C=O) groups excluding carboxylic acids is 1. The molecule has 0 aliphatic carbocycles. The topological polar surface area (TPSA) is 38.3 Å². The van der Waals surface area contributed by atoms with Gasteiger partial charge in [-0.15, -0.1) is 0 Å². The minimum atomic E-state index is -0.269. The standard InChI is InChI=1S/C16H15BrFNO2/c1-21-13-5-6-15(17)14(10-13)16(20)19-8-7-11-3-2-4-12(18)9-11/h2-6,9-10H,7-8H2,1H3,(H,19,20). The average Bonchev–Trinajstić information content (AvgIpc) is 2.47. The number of amides is 1. The van der Waals surface area contributed by atoms with E-state index in [0.29, 0.717) is 28.8 Å². The van der Waals surface area contributed by atoms with Gasteiger partial charge in [0.05, 0.1) is 12.7 Å². The SMILES string of the molecule is COc1ccc(Br)c(C(=O)NCCc2cccc(F)c2)c1. The summed E-state index contributed by atoms with van der Waals surface area (Å²) in [6.45, 7) is 0.436. The van der Waals surface area contributed by atoms with Crippen LogP contribution in [0.2, 0.25) is 0 Å². The fraction of sp³-hybridized carbons (Fsp3) is 0.188. The molecule has 2 aromatic rings. The first-order chi connectivity index (χ1) is 10.1. The second kappa shape index (κ2) is 7.22. The van der Waals surface area contributed by atoms with Crippen LogP contribution in [0.4, 0.5) is 4.39 Å². The molecule has 21 heavy (non-hydrogen) atoms. The lowest BCUT2D eigenvalue weighted by molar-refractivity contribution is 0.0953. The molecular weight excluding hydrogens is 337 g/mol. The molecule has 0 saturated heterocycles. The van der Waals surface area contributed by atoms with Crippen molar-refractivity contribution < 1.29 is 13.9 Å². The summed E-state index contributed by atoms with van der Waals surface area (Å²) in [4.78, 5) is 12.1. The molecule has 0 spiro atoms. The molecule has 0 bridgehead atoms.